The summed E-state index contributed by atoms with van der Waals surface area (Å²) in [6.45, 7) is 7.33. The van der Waals surface area contributed by atoms with Crippen molar-refractivity contribution in [2.75, 3.05) is 26.2 Å². The van der Waals surface area contributed by atoms with Gasteiger partial charge in [0.05, 0.1) is 17.5 Å². The van der Waals surface area contributed by atoms with Crippen molar-refractivity contribution in [1.82, 2.24) is 9.21 Å². The Kier molecular flexibility index (Phi) is 7.93. The molecule has 5 rings (SSSR count). The molecule has 38 heavy (non-hydrogen) atoms. The molecule has 2 aliphatic rings. The van der Waals surface area contributed by atoms with Crippen molar-refractivity contribution in [1.29, 1.82) is 0 Å². The third-order valence-corrected chi connectivity index (χ3v) is 10.3. The summed E-state index contributed by atoms with van der Waals surface area (Å²) in [5.74, 6) is 1.35. The van der Waals surface area contributed by atoms with E-state index in [0.29, 0.717) is 31.5 Å². The monoisotopic (exact) mass is 552 g/mol. The highest BCUT2D eigenvalue weighted by Crippen LogP contribution is 2.35. The Balaban J connectivity index is 1.35. The number of carbonyl (C=O) groups is 1. The zero-order valence-corrected chi connectivity index (χ0v) is 23.9. The van der Waals surface area contributed by atoms with E-state index in [-0.39, 0.29) is 23.4 Å². The topological polar surface area (TPSA) is 66.9 Å². The Hall–Kier alpha value is -2.68. The van der Waals surface area contributed by atoms with Gasteiger partial charge in [-0.1, -0.05) is 43.7 Å². The molecule has 3 aromatic rings. The molecule has 6 nitrogen and oxygen atoms in total. The first-order valence-corrected chi connectivity index (χ1v) is 15.7. The van der Waals surface area contributed by atoms with E-state index in [2.05, 4.69) is 37.4 Å². The van der Waals surface area contributed by atoms with Gasteiger partial charge in [0.2, 0.25) is 15.9 Å². The highest BCUT2D eigenvalue weighted by atomic mass is 32.2. The molecule has 1 amide bonds. The van der Waals surface area contributed by atoms with Gasteiger partial charge in [0.1, 0.15) is 12.4 Å². The van der Waals surface area contributed by atoms with Crippen molar-refractivity contribution >= 4 is 27.3 Å². The number of thiophene rings is 1. The summed E-state index contributed by atoms with van der Waals surface area (Å²) in [6.07, 6.45) is 2.77. The van der Waals surface area contributed by atoms with Gasteiger partial charge < -0.3 is 9.64 Å². The zero-order valence-electron chi connectivity index (χ0n) is 22.3. The van der Waals surface area contributed by atoms with Crippen LogP contribution in [0, 0.1) is 12.8 Å². The second kappa shape index (κ2) is 11.2. The lowest BCUT2D eigenvalue weighted by Crippen LogP contribution is -2.48. The first-order chi connectivity index (χ1) is 18.2. The van der Waals surface area contributed by atoms with Crippen LogP contribution in [0.5, 0.6) is 5.75 Å². The van der Waals surface area contributed by atoms with Crippen LogP contribution in [0.25, 0.3) is 0 Å². The Morgan fingerprint density at radius 3 is 2.45 bits per heavy atom. The lowest BCUT2D eigenvalue weighted by atomic mass is 10.0. The largest absolute Gasteiger partial charge is 0.491 e. The van der Waals surface area contributed by atoms with E-state index in [1.807, 2.05) is 24.0 Å². The number of hydrogen-bond donors (Lipinski definition) is 0. The molecule has 0 bridgehead atoms. The highest BCUT2D eigenvalue weighted by Gasteiger charge is 2.37. The fourth-order valence-corrected chi connectivity index (χ4v) is 7.33. The third-order valence-electron chi connectivity index (χ3n) is 7.50. The van der Waals surface area contributed by atoms with E-state index >= 15 is 0 Å². The summed E-state index contributed by atoms with van der Waals surface area (Å²) >= 11 is 1.70. The van der Waals surface area contributed by atoms with E-state index < -0.39 is 10.0 Å². The van der Waals surface area contributed by atoms with Crippen LogP contribution in [-0.2, 0) is 21.2 Å². The van der Waals surface area contributed by atoms with Gasteiger partial charge in [0, 0.05) is 18.0 Å². The van der Waals surface area contributed by atoms with Gasteiger partial charge in [-0.15, -0.1) is 11.3 Å². The Morgan fingerprint density at radius 2 is 1.79 bits per heavy atom. The smallest absolute Gasteiger partial charge is 0.243 e. The van der Waals surface area contributed by atoms with E-state index in [1.54, 1.807) is 35.6 Å². The van der Waals surface area contributed by atoms with Crippen molar-refractivity contribution in [2.45, 2.75) is 56.9 Å². The van der Waals surface area contributed by atoms with Crippen LogP contribution in [0.2, 0.25) is 0 Å². The van der Waals surface area contributed by atoms with Gasteiger partial charge in [-0.2, -0.15) is 4.31 Å². The van der Waals surface area contributed by atoms with Gasteiger partial charge in [-0.25, -0.2) is 8.42 Å². The molecule has 1 fully saturated rings. The average molecular weight is 553 g/mol. The standard InChI is InChI=1S/C30H36N2O4S2/c1-21(2)24-8-10-25(11-9-24)36-20-28-27-15-17-37-29(27)14-16-32(28)30(33)19-31(18-23-6-7-23)38(34,35)26-12-4-22(3)5-13-26/h4-5,8-13,15,17,21,23,28H,6-7,14,16,18-20H2,1-3H3/t28-/m0/s1. The third kappa shape index (κ3) is 5.98. The molecule has 8 heteroatoms. The maximum Gasteiger partial charge on any atom is 0.243 e. The van der Waals surface area contributed by atoms with Gasteiger partial charge >= 0.3 is 0 Å². The number of aryl methyl sites for hydroxylation is 1. The number of carbonyl (C=O) groups excluding carboxylic acids is 1. The molecule has 0 spiro atoms. The summed E-state index contributed by atoms with van der Waals surface area (Å²) in [5.41, 5.74) is 3.34. The van der Waals surface area contributed by atoms with Crippen LogP contribution in [0.4, 0.5) is 0 Å². The van der Waals surface area contributed by atoms with Gasteiger partial charge in [0.15, 0.2) is 0 Å². The summed E-state index contributed by atoms with van der Waals surface area (Å²) in [6, 6.07) is 16.8. The van der Waals surface area contributed by atoms with Gasteiger partial charge in [0.25, 0.3) is 0 Å². The molecule has 0 saturated heterocycles. The number of sulfonamides is 1. The van der Waals surface area contributed by atoms with Crippen LogP contribution in [0.1, 0.15) is 60.2 Å². The van der Waals surface area contributed by atoms with E-state index in [9.17, 15) is 13.2 Å². The minimum absolute atomic E-state index is 0.161. The predicted molar refractivity (Wildman–Crippen MR) is 151 cm³/mol. The Labute approximate surface area is 230 Å². The van der Waals surface area contributed by atoms with Gasteiger partial charge in [-0.3, -0.25) is 4.79 Å². The predicted octanol–water partition coefficient (Wildman–Crippen LogP) is 5.79. The molecule has 1 aliphatic heterocycles. The van der Waals surface area contributed by atoms with Crippen molar-refractivity contribution in [3.63, 3.8) is 0 Å². The molecule has 0 N–H and O–H groups in total. The lowest BCUT2D eigenvalue weighted by molar-refractivity contribution is -0.135. The molecule has 2 heterocycles. The van der Waals surface area contributed by atoms with Crippen LogP contribution in [0.3, 0.4) is 0 Å². The van der Waals surface area contributed by atoms with Crippen LogP contribution < -0.4 is 4.74 Å². The number of rotatable bonds is 10. The van der Waals surface area contributed by atoms with Crippen molar-refractivity contribution in [2.24, 2.45) is 5.92 Å². The van der Waals surface area contributed by atoms with E-state index in [0.717, 1.165) is 36.1 Å². The molecule has 1 aliphatic carbocycles. The Morgan fingerprint density at radius 1 is 1.08 bits per heavy atom. The SMILES string of the molecule is Cc1ccc(S(=O)(=O)N(CC(=O)N2CCc3sccc3[C@@H]2COc2ccc(C(C)C)cc2)CC2CC2)cc1. The summed E-state index contributed by atoms with van der Waals surface area (Å²) < 4.78 is 34.7. The molecule has 202 valence electrons. The molecule has 1 atom stereocenters. The summed E-state index contributed by atoms with van der Waals surface area (Å²) in [5, 5.41) is 2.06. The molecule has 0 unspecified atom stereocenters. The average Bonchev–Trinajstić information content (AvgIpc) is 3.59. The van der Waals surface area contributed by atoms with Gasteiger partial charge in [-0.05, 0) is 84.9 Å². The summed E-state index contributed by atoms with van der Waals surface area (Å²) in [7, 11) is -3.78. The molecular weight excluding hydrogens is 516 g/mol. The number of amides is 1. The van der Waals surface area contributed by atoms with E-state index in [4.69, 9.17) is 4.74 Å². The molecule has 0 radical (unpaired) electrons. The number of hydrogen-bond acceptors (Lipinski definition) is 5. The number of ether oxygens (including phenoxy) is 1. The first-order valence-electron chi connectivity index (χ1n) is 13.4. The molecular formula is C30H36N2O4S2. The minimum atomic E-state index is -3.78. The fourth-order valence-electron chi connectivity index (χ4n) is 4.94. The van der Waals surface area contributed by atoms with Crippen molar-refractivity contribution < 1.29 is 17.9 Å². The fraction of sp³-hybridized carbons (Fsp3) is 0.433. The number of nitrogens with zero attached hydrogens (tertiary/aromatic N) is 2. The number of benzene rings is 2. The van der Waals surface area contributed by atoms with Crippen LogP contribution in [-0.4, -0.2) is 49.8 Å². The van der Waals surface area contributed by atoms with Crippen molar-refractivity contribution in [3.8, 4) is 5.75 Å². The maximum atomic E-state index is 13.8. The second-order valence-electron chi connectivity index (χ2n) is 10.7. The normalized spacial score (nSPS) is 17.6. The minimum Gasteiger partial charge on any atom is -0.491 e. The highest BCUT2D eigenvalue weighted by molar-refractivity contribution is 7.89. The molecule has 1 aromatic heterocycles. The Bertz CT molecular complexity index is 1360. The summed E-state index contributed by atoms with van der Waals surface area (Å²) in [4.78, 5) is 17.1. The maximum absolute atomic E-state index is 13.8. The van der Waals surface area contributed by atoms with Crippen molar-refractivity contribution in [3.05, 3.63) is 81.5 Å². The van der Waals surface area contributed by atoms with Crippen LogP contribution in [0.15, 0.2) is 64.9 Å². The molecule has 1 saturated carbocycles. The second-order valence-corrected chi connectivity index (χ2v) is 13.7. The van der Waals surface area contributed by atoms with Crippen LogP contribution >= 0.6 is 11.3 Å². The van der Waals surface area contributed by atoms with E-state index in [1.165, 1.54) is 14.7 Å². The zero-order chi connectivity index (χ0) is 26.9. The lowest BCUT2D eigenvalue weighted by Gasteiger charge is -2.37. The quantitative estimate of drug-likeness (QED) is 0.320. The molecule has 2 aromatic carbocycles. The number of fused-ring (bicyclic) bond motifs is 1. The first kappa shape index (κ1) is 26.9.